The zero-order valence-corrected chi connectivity index (χ0v) is 12.4. The summed E-state index contributed by atoms with van der Waals surface area (Å²) in [5.74, 6) is 0.222. The van der Waals surface area contributed by atoms with Crippen molar-refractivity contribution in [3.05, 3.63) is 12.7 Å². The van der Waals surface area contributed by atoms with E-state index in [4.69, 9.17) is 0 Å². The van der Waals surface area contributed by atoms with Crippen LogP contribution in [-0.4, -0.2) is 44.3 Å². The lowest BCUT2D eigenvalue weighted by Crippen LogP contribution is -2.75. The lowest BCUT2D eigenvalue weighted by molar-refractivity contribution is -0.261. The molecule has 2 N–H and O–H groups in total. The van der Waals surface area contributed by atoms with Gasteiger partial charge in [0, 0.05) is 18.9 Å². The second kappa shape index (κ2) is 4.08. The number of hydrogen-bond acceptors (Lipinski definition) is 3. The van der Waals surface area contributed by atoms with Crippen LogP contribution in [0.25, 0.3) is 0 Å². The molecule has 0 aliphatic heterocycles. The van der Waals surface area contributed by atoms with Crippen molar-refractivity contribution in [1.29, 1.82) is 0 Å². The maximum Gasteiger partial charge on any atom is 0.246 e. The first-order chi connectivity index (χ1) is 9.28. The van der Waals surface area contributed by atoms with Crippen LogP contribution in [0.5, 0.6) is 0 Å². The Kier molecular flexibility index (Phi) is 2.87. The fourth-order valence-corrected chi connectivity index (χ4v) is 5.64. The van der Waals surface area contributed by atoms with E-state index in [1.165, 1.54) is 6.08 Å². The zero-order chi connectivity index (χ0) is 14.8. The Bertz CT molecular complexity index is 465. The van der Waals surface area contributed by atoms with Gasteiger partial charge in [-0.05, 0) is 44.6 Å². The lowest BCUT2D eigenvalue weighted by atomic mass is 9.45. The Balaban J connectivity index is 2.07. The van der Waals surface area contributed by atoms with E-state index in [1.54, 1.807) is 0 Å². The third-order valence-electron chi connectivity index (χ3n) is 6.13. The average Bonchev–Trinajstić information content (AvgIpc) is 2.34. The van der Waals surface area contributed by atoms with E-state index in [0.29, 0.717) is 25.3 Å². The molecule has 0 aromatic carbocycles. The summed E-state index contributed by atoms with van der Waals surface area (Å²) < 4.78 is 0. The van der Waals surface area contributed by atoms with Crippen molar-refractivity contribution < 1.29 is 15.0 Å². The van der Waals surface area contributed by atoms with Gasteiger partial charge in [-0.3, -0.25) is 4.79 Å². The van der Waals surface area contributed by atoms with Crippen molar-refractivity contribution in [2.75, 3.05) is 6.54 Å². The second-order valence-electron chi connectivity index (χ2n) is 7.27. The van der Waals surface area contributed by atoms with Crippen LogP contribution in [0, 0.1) is 11.8 Å². The highest BCUT2D eigenvalue weighted by molar-refractivity contribution is 5.87. The van der Waals surface area contributed by atoms with E-state index in [-0.39, 0.29) is 11.8 Å². The van der Waals surface area contributed by atoms with Gasteiger partial charge in [0.15, 0.2) is 0 Å². The van der Waals surface area contributed by atoms with Crippen molar-refractivity contribution >= 4 is 5.91 Å². The molecule has 5 atom stereocenters. The molecule has 0 saturated heterocycles. The maximum atomic E-state index is 12.3. The molecule has 4 fully saturated rings. The molecule has 0 aromatic rings. The van der Waals surface area contributed by atoms with E-state index in [0.717, 1.165) is 19.3 Å². The summed E-state index contributed by atoms with van der Waals surface area (Å²) in [5, 5.41) is 21.8. The van der Waals surface area contributed by atoms with Crippen molar-refractivity contribution in [3.8, 4) is 0 Å². The highest BCUT2D eigenvalue weighted by Gasteiger charge is 2.68. The van der Waals surface area contributed by atoms with Gasteiger partial charge in [-0.15, -0.1) is 0 Å². The van der Waals surface area contributed by atoms with Crippen LogP contribution in [0.4, 0.5) is 0 Å². The Morgan fingerprint density at radius 3 is 2.60 bits per heavy atom. The summed E-state index contributed by atoms with van der Waals surface area (Å²) in [6.07, 6.45) is 4.82. The smallest absolute Gasteiger partial charge is 0.246 e. The van der Waals surface area contributed by atoms with Gasteiger partial charge < -0.3 is 15.1 Å². The van der Waals surface area contributed by atoms with Crippen molar-refractivity contribution in [1.82, 2.24) is 4.90 Å². The Hall–Kier alpha value is -0.870. The number of rotatable bonds is 3. The maximum absolute atomic E-state index is 12.3. The van der Waals surface area contributed by atoms with Crippen LogP contribution in [0.15, 0.2) is 12.7 Å². The van der Waals surface area contributed by atoms with Crippen molar-refractivity contribution in [2.45, 2.75) is 62.7 Å². The first kappa shape index (κ1) is 14.1. The van der Waals surface area contributed by atoms with Crippen LogP contribution in [0.1, 0.15) is 46.0 Å². The van der Waals surface area contributed by atoms with Gasteiger partial charge in [-0.25, -0.2) is 0 Å². The van der Waals surface area contributed by atoms with Crippen LogP contribution >= 0.6 is 0 Å². The molecule has 4 saturated carbocycles. The van der Waals surface area contributed by atoms with Crippen molar-refractivity contribution in [3.63, 3.8) is 0 Å². The minimum absolute atomic E-state index is 0.00400. The third kappa shape index (κ3) is 1.64. The average molecular weight is 279 g/mol. The largest absolute Gasteiger partial charge is 0.390 e. The number of amides is 1. The number of carbonyl (C=O) groups excluding carboxylic acids is 1. The summed E-state index contributed by atoms with van der Waals surface area (Å²) in [4.78, 5) is 14.1. The molecule has 4 rings (SSSR count). The van der Waals surface area contributed by atoms with Gasteiger partial charge in [0.25, 0.3) is 0 Å². The minimum Gasteiger partial charge on any atom is -0.390 e. The third-order valence-corrected chi connectivity index (χ3v) is 6.13. The molecule has 4 bridgehead atoms. The highest BCUT2D eigenvalue weighted by Crippen LogP contribution is 2.63. The predicted molar refractivity (Wildman–Crippen MR) is 76.0 cm³/mol. The number of nitrogens with zero attached hydrogens (tertiary/aromatic N) is 1. The molecule has 5 unspecified atom stereocenters. The molecule has 1 amide bonds. The van der Waals surface area contributed by atoms with Gasteiger partial charge in [0.1, 0.15) is 0 Å². The summed E-state index contributed by atoms with van der Waals surface area (Å²) in [6.45, 7) is 8.19. The van der Waals surface area contributed by atoms with Crippen LogP contribution < -0.4 is 0 Å². The molecule has 4 nitrogen and oxygen atoms in total. The van der Waals surface area contributed by atoms with Gasteiger partial charge in [-0.2, -0.15) is 0 Å². The first-order valence-corrected chi connectivity index (χ1v) is 7.67. The monoisotopic (exact) mass is 279 g/mol. The SMILES string of the molecule is C=CC(=O)N(CC)C12CC3CC(O)(CC(O)(C3)C1C)C2. The lowest BCUT2D eigenvalue weighted by Gasteiger charge is -2.68. The van der Waals surface area contributed by atoms with E-state index < -0.39 is 16.7 Å². The molecule has 20 heavy (non-hydrogen) atoms. The molecule has 4 heteroatoms. The molecule has 4 aliphatic carbocycles. The Labute approximate surface area is 120 Å². The quantitative estimate of drug-likeness (QED) is 0.769. The number of hydrogen-bond donors (Lipinski definition) is 2. The molecule has 0 aromatic heterocycles. The van der Waals surface area contributed by atoms with E-state index in [9.17, 15) is 15.0 Å². The Morgan fingerprint density at radius 2 is 2.05 bits per heavy atom. The Morgan fingerprint density at radius 1 is 1.35 bits per heavy atom. The molecular weight excluding hydrogens is 254 g/mol. The van der Waals surface area contributed by atoms with Crippen LogP contribution in [0.3, 0.4) is 0 Å². The fourth-order valence-electron chi connectivity index (χ4n) is 5.64. The van der Waals surface area contributed by atoms with E-state index in [2.05, 4.69) is 6.58 Å². The highest BCUT2D eigenvalue weighted by atomic mass is 16.3. The standard InChI is InChI=1S/C16H25NO3/c1-4-13(18)17(5-2)15-7-12-6-14(19,9-15)10-16(20,8-12)11(15)3/h4,11-12,19-20H,1,5-10H2,2-3H3. The van der Waals surface area contributed by atoms with E-state index in [1.807, 2.05) is 18.7 Å². The summed E-state index contributed by atoms with van der Waals surface area (Å²) in [5.41, 5.74) is -2.05. The summed E-state index contributed by atoms with van der Waals surface area (Å²) in [6, 6.07) is 0. The van der Waals surface area contributed by atoms with Gasteiger partial charge in [0.05, 0.1) is 16.7 Å². The number of aliphatic hydroxyl groups is 2. The molecule has 0 radical (unpaired) electrons. The summed E-state index contributed by atoms with van der Waals surface area (Å²) >= 11 is 0. The molecular formula is C16H25NO3. The normalized spacial score (nSPS) is 49.2. The van der Waals surface area contributed by atoms with Crippen LogP contribution in [0.2, 0.25) is 0 Å². The second-order valence-corrected chi connectivity index (χ2v) is 7.27. The topological polar surface area (TPSA) is 60.8 Å². The number of carbonyl (C=O) groups is 1. The molecule has 112 valence electrons. The summed E-state index contributed by atoms with van der Waals surface area (Å²) in [7, 11) is 0. The molecule has 0 heterocycles. The number of likely N-dealkylation sites (N-methyl/N-ethyl adjacent to an activating group) is 1. The molecule has 4 aliphatic rings. The first-order valence-electron chi connectivity index (χ1n) is 7.67. The zero-order valence-electron chi connectivity index (χ0n) is 12.4. The molecule has 0 spiro atoms. The predicted octanol–water partition coefficient (Wildman–Crippen LogP) is 1.47. The van der Waals surface area contributed by atoms with Crippen molar-refractivity contribution in [2.24, 2.45) is 11.8 Å². The van der Waals surface area contributed by atoms with Gasteiger partial charge in [-0.1, -0.05) is 13.5 Å². The van der Waals surface area contributed by atoms with Gasteiger partial charge in [0.2, 0.25) is 5.91 Å². The van der Waals surface area contributed by atoms with E-state index >= 15 is 0 Å². The van der Waals surface area contributed by atoms with Crippen LogP contribution in [-0.2, 0) is 4.79 Å². The fraction of sp³-hybridized carbons (Fsp3) is 0.812. The minimum atomic E-state index is -0.830. The van der Waals surface area contributed by atoms with Gasteiger partial charge >= 0.3 is 0 Å².